The molecular weight excluding hydrogens is 229 g/mol. The third kappa shape index (κ3) is 2.96. The Kier molecular flexibility index (Phi) is 3.48. The Balaban J connectivity index is 2.33. The van der Waals surface area contributed by atoms with Crippen LogP contribution in [-0.4, -0.2) is 15.1 Å². The summed E-state index contributed by atoms with van der Waals surface area (Å²) in [6.07, 6.45) is 5.01. The maximum absolute atomic E-state index is 14.0. The van der Waals surface area contributed by atoms with E-state index in [-0.39, 0.29) is 11.4 Å². The van der Waals surface area contributed by atoms with E-state index < -0.39 is 0 Å². The summed E-state index contributed by atoms with van der Waals surface area (Å²) in [6.45, 7) is 6.88. The fourth-order valence-electron chi connectivity index (χ4n) is 1.74. The summed E-state index contributed by atoms with van der Waals surface area (Å²) in [5.41, 5.74) is 1.48. The van der Waals surface area contributed by atoms with Crippen LogP contribution in [0.5, 0.6) is 0 Å². The van der Waals surface area contributed by atoms with Crippen molar-refractivity contribution < 1.29 is 4.39 Å². The van der Waals surface area contributed by atoms with Crippen LogP contribution in [0.3, 0.4) is 0 Å². The van der Waals surface area contributed by atoms with Gasteiger partial charge >= 0.3 is 0 Å². The van der Waals surface area contributed by atoms with E-state index in [1.165, 1.54) is 6.07 Å². The van der Waals surface area contributed by atoms with Crippen molar-refractivity contribution in [3.63, 3.8) is 0 Å². The van der Waals surface area contributed by atoms with Crippen LogP contribution in [0.1, 0.15) is 26.3 Å². The highest BCUT2D eigenvalue weighted by atomic mass is 19.1. The monoisotopic (exact) mass is 247 g/mol. The second-order valence-electron chi connectivity index (χ2n) is 5.32. The van der Waals surface area contributed by atoms with Crippen molar-refractivity contribution in [3.8, 4) is 5.69 Å². The van der Waals surface area contributed by atoms with Gasteiger partial charge in [0.15, 0.2) is 0 Å². The zero-order valence-electron chi connectivity index (χ0n) is 10.9. The quantitative estimate of drug-likeness (QED) is 0.903. The number of para-hydroxylation sites is 1. The Hall–Kier alpha value is -1.68. The van der Waals surface area contributed by atoms with Gasteiger partial charge in [-0.25, -0.2) is 9.37 Å². The van der Waals surface area contributed by atoms with Crippen LogP contribution < -0.4 is 5.32 Å². The summed E-state index contributed by atoms with van der Waals surface area (Å²) in [7, 11) is 0. The van der Waals surface area contributed by atoms with Gasteiger partial charge in [0, 0.05) is 24.5 Å². The van der Waals surface area contributed by atoms with Gasteiger partial charge < -0.3 is 9.88 Å². The highest BCUT2D eigenvalue weighted by Gasteiger charge is 2.13. The molecule has 0 aliphatic rings. The number of benzene rings is 1. The van der Waals surface area contributed by atoms with Crippen LogP contribution in [0.15, 0.2) is 36.9 Å². The Morgan fingerprint density at radius 1 is 1.33 bits per heavy atom. The van der Waals surface area contributed by atoms with E-state index in [0.717, 1.165) is 5.56 Å². The minimum atomic E-state index is -0.235. The van der Waals surface area contributed by atoms with E-state index in [1.54, 1.807) is 29.4 Å². The molecule has 0 aliphatic heterocycles. The molecule has 0 spiro atoms. The zero-order chi connectivity index (χ0) is 13.2. The van der Waals surface area contributed by atoms with Gasteiger partial charge in [-0.05, 0) is 32.4 Å². The number of halogens is 1. The summed E-state index contributed by atoms with van der Waals surface area (Å²) < 4.78 is 15.7. The van der Waals surface area contributed by atoms with Crippen LogP contribution in [0.2, 0.25) is 0 Å². The van der Waals surface area contributed by atoms with E-state index >= 15 is 0 Å². The van der Waals surface area contributed by atoms with Crippen molar-refractivity contribution in [2.75, 3.05) is 0 Å². The Morgan fingerprint density at radius 2 is 2.11 bits per heavy atom. The van der Waals surface area contributed by atoms with Gasteiger partial charge in [-0.15, -0.1) is 0 Å². The highest BCUT2D eigenvalue weighted by Crippen LogP contribution is 2.19. The number of aromatic nitrogens is 2. The van der Waals surface area contributed by atoms with E-state index in [9.17, 15) is 4.39 Å². The smallest absolute Gasteiger partial charge is 0.147 e. The topological polar surface area (TPSA) is 29.9 Å². The summed E-state index contributed by atoms with van der Waals surface area (Å²) in [6, 6.07) is 5.13. The van der Waals surface area contributed by atoms with Gasteiger partial charge in [-0.3, -0.25) is 0 Å². The van der Waals surface area contributed by atoms with Crippen LogP contribution >= 0.6 is 0 Å². The molecule has 0 atom stereocenters. The van der Waals surface area contributed by atoms with Gasteiger partial charge in [0.25, 0.3) is 0 Å². The largest absolute Gasteiger partial charge is 0.308 e. The van der Waals surface area contributed by atoms with E-state index in [1.807, 2.05) is 6.07 Å². The number of nitrogens with zero attached hydrogens (tertiary/aromatic N) is 2. The summed E-state index contributed by atoms with van der Waals surface area (Å²) in [4.78, 5) is 3.97. The molecule has 96 valence electrons. The lowest BCUT2D eigenvalue weighted by Crippen LogP contribution is -2.35. The van der Waals surface area contributed by atoms with Crippen molar-refractivity contribution in [1.82, 2.24) is 14.9 Å². The minimum absolute atomic E-state index is 0.00146. The Bertz CT molecular complexity index is 512. The molecule has 0 unspecified atom stereocenters. The lowest BCUT2D eigenvalue weighted by Gasteiger charge is -2.22. The number of rotatable bonds is 3. The number of hydrogen-bond acceptors (Lipinski definition) is 2. The maximum Gasteiger partial charge on any atom is 0.147 e. The number of nitrogens with one attached hydrogen (secondary N) is 1. The first-order chi connectivity index (χ1) is 8.47. The van der Waals surface area contributed by atoms with Crippen molar-refractivity contribution in [2.45, 2.75) is 32.9 Å². The molecule has 0 fully saturated rings. The fraction of sp³-hybridized carbons (Fsp3) is 0.357. The molecule has 0 saturated heterocycles. The second kappa shape index (κ2) is 4.90. The molecular formula is C14H18FN3. The van der Waals surface area contributed by atoms with Crippen molar-refractivity contribution in [2.24, 2.45) is 0 Å². The summed E-state index contributed by atoms with van der Waals surface area (Å²) in [5, 5.41) is 3.37. The lowest BCUT2D eigenvalue weighted by atomic mass is 10.1. The van der Waals surface area contributed by atoms with Gasteiger partial charge in [0.05, 0.1) is 12.0 Å². The fourth-order valence-corrected chi connectivity index (χ4v) is 1.74. The molecule has 1 aromatic heterocycles. The molecule has 0 saturated carbocycles. The molecule has 0 bridgehead atoms. The van der Waals surface area contributed by atoms with E-state index in [2.05, 4.69) is 31.1 Å². The van der Waals surface area contributed by atoms with Crippen LogP contribution in [0.4, 0.5) is 4.39 Å². The van der Waals surface area contributed by atoms with Gasteiger partial charge in [-0.2, -0.15) is 0 Å². The average Bonchev–Trinajstić information content (AvgIpc) is 2.78. The molecule has 1 heterocycles. The molecule has 0 aliphatic carbocycles. The molecule has 0 amide bonds. The third-order valence-electron chi connectivity index (χ3n) is 2.64. The van der Waals surface area contributed by atoms with Crippen LogP contribution in [-0.2, 0) is 6.54 Å². The maximum atomic E-state index is 14.0. The highest BCUT2D eigenvalue weighted by molar-refractivity contribution is 5.42. The first kappa shape index (κ1) is 12.8. The second-order valence-corrected chi connectivity index (χ2v) is 5.32. The van der Waals surface area contributed by atoms with Crippen LogP contribution in [0, 0.1) is 5.82 Å². The molecule has 1 N–H and O–H groups in total. The molecule has 18 heavy (non-hydrogen) atoms. The van der Waals surface area contributed by atoms with E-state index in [4.69, 9.17) is 0 Å². The predicted molar refractivity (Wildman–Crippen MR) is 70.1 cm³/mol. The molecule has 2 rings (SSSR count). The summed E-state index contributed by atoms with van der Waals surface area (Å²) >= 11 is 0. The van der Waals surface area contributed by atoms with Gasteiger partial charge in [0.1, 0.15) is 5.82 Å². The molecule has 3 nitrogen and oxygen atoms in total. The van der Waals surface area contributed by atoms with Crippen molar-refractivity contribution >= 4 is 0 Å². The first-order valence-electron chi connectivity index (χ1n) is 5.98. The first-order valence-corrected chi connectivity index (χ1v) is 5.98. The zero-order valence-corrected chi connectivity index (χ0v) is 10.9. The molecule has 0 radical (unpaired) electrons. The minimum Gasteiger partial charge on any atom is -0.308 e. The average molecular weight is 247 g/mol. The molecule has 2 aromatic rings. The molecule has 1 aromatic carbocycles. The third-order valence-corrected chi connectivity index (χ3v) is 2.64. The van der Waals surface area contributed by atoms with Gasteiger partial charge in [0.2, 0.25) is 0 Å². The van der Waals surface area contributed by atoms with Crippen LogP contribution in [0.25, 0.3) is 5.69 Å². The molecule has 4 heteroatoms. The van der Waals surface area contributed by atoms with Crippen molar-refractivity contribution in [1.29, 1.82) is 0 Å². The normalized spacial score (nSPS) is 11.8. The van der Waals surface area contributed by atoms with E-state index in [0.29, 0.717) is 12.2 Å². The SMILES string of the molecule is CC(C)(C)NCc1cccc(F)c1-n1ccnc1. The summed E-state index contributed by atoms with van der Waals surface area (Å²) in [5.74, 6) is -0.235. The lowest BCUT2D eigenvalue weighted by molar-refractivity contribution is 0.423. The Labute approximate surface area is 107 Å². The standard InChI is InChI=1S/C14H18FN3/c1-14(2,3)17-9-11-5-4-6-12(15)13(11)18-8-7-16-10-18/h4-8,10,17H,9H2,1-3H3. The predicted octanol–water partition coefficient (Wildman–Crippen LogP) is 2.90. The van der Waals surface area contributed by atoms with Gasteiger partial charge in [-0.1, -0.05) is 12.1 Å². The van der Waals surface area contributed by atoms with Crippen molar-refractivity contribution in [3.05, 3.63) is 48.3 Å². The number of imidazole rings is 1. The number of hydrogen-bond donors (Lipinski definition) is 1. The Morgan fingerprint density at radius 3 is 2.72 bits per heavy atom.